The van der Waals surface area contributed by atoms with Gasteiger partial charge >= 0.3 is 5.97 Å². The van der Waals surface area contributed by atoms with E-state index in [4.69, 9.17) is 0 Å². The third kappa shape index (κ3) is 4.01. The van der Waals surface area contributed by atoms with Gasteiger partial charge in [-0.05, 0) is 45.2 Å². The molecule has 0 aromatic heterocycles. The summed E-state index contributed by atoms with van der Waals surface area (Å²) in [5.74, 6) is -1.53. The van der Waals surface area contributed by atoms with Gasteiger partial charge in [0.1, 0.15) is 17.4 Å². The number of phenolic OH excluding ortho intramolecular Hbond substituents is 2. The average Bonchev–Trinajstić information content (AvgIpc) is 2.48. The van der Waals surface area contributed by atoms with Crippen molar-refractivity contribution in [2.24, 2.45) is 0 Å². The standard InChI is InChI=1S/C22H28O4/c1-21(2,3)15-11-13(7-9-17(15)23)19(20(25)26)14-8-10-18(24)16(12-14)22(4,5)6/h7-12,19,23-24H,1-6H3,(H,25,26). The van der Waals surface area contributed by atoms with E-state index < -0.39 is 11.9 Å². The van der Waals surface area contributed by atoms with Gasteiger partial charge in [-0.15, -0.1) is 0 Å². The second kappa shape index (κ2) is 6.67. The van der Waals surface area contributed by atoms with E-state index in [1.807, 2.05) is 41.5 Å². The molecule has 140 valence electrons. The Morgan fingerprint density at radius 2 is 1.12 bits per heavy atom. The van der Waals surface area contributed by atoms with Crippen LogP contribution < -0.4 is 0 Å². The molecule has 0 fully saturated rings. The maximum Gasteiger partial charge on any atom is 0.315 e. The van der Waals surface area contributed by atoms with Crippen LogP contribution in [0.25, 0.3) is 0 Å². The molecule has 0 aliphatic heterocycles. The van der Waals surface area contributed by atoms with Crippen LogP contribution >= 0.6 is 0 Å². The minimum atomic E-state index is -0.971. The van der Waals surface area contributed by atoms with Crippen LogP contribution in [0.5, 0.6) is 11.5 Å². The Kier molecular flexibility index (Phi) is 5.09. The molecule has 0 saturated heterocycles. The number of benzene rings is 2. The molecule has 0 unspecified atom stereocenters. The monoisotopic (exact) mass is 356 g/mol. The van der Waals surface area contributed by atoms with Gasteiger partial charge in [0.05, 0.1) is 0 Å². The predicted octanol–water partition coefficient (Wildman–Crippen LogP) is 4.91. The van der Waals surface area contributed by atoms with Gasteiger partial charge in [0, 0.05) is 0 Å². The maximum absolute atomic E-state index is 12.1. The Bertz CT molecular complexity index is 760. The number of aromatic hydroxyl groups is 2. The van der Waals surface area contributed by atoms with Crippen LogP contribution in [-0.4, -0.2) is 21.3 Å². The average molecular weight is 356 g/mol. The summed E-state index contributed by atoms with van der Waals surface area (Å²) in [4.78, 5) is 12.1. The zero-order valence-electron chi connectivity index (χ0n) is 16.3. The van der Waals surface area contributed by atoms with Crippen LogP contribution in [-0.2, 0) is 15.6 Å². The fourth-order valence-corrected chi connectivity index (χ4v) is 3.15. The van der Waals surface area contributed by atoms with Crippen molar-refractivity contribution in [2.75, 3.05) is 0 Å². The summed E-state index contributed by atoms with van der Waals surface area (Å²) >= 11 is 0. The van der Waals surface area contributed by atoms with E-state index in [1.54, 1.807) is 36.4 Å². The van der Waals surface area contributed by atoms with E-state index in [0.717, 1.165) is 0 Å². The van der Waals surface area contributed by atoms with Crippen LogP contribution in [0.15, 0.2) is 36.4 Å². The molecule has 26 heavy (non-hydrogen) atoms. The molecular weight excluding hydrogens is 328 g/mol. The van der Waals surface area contributed by atoms with Gasteiger partial charge in [-0.2, -0.15) is 0 Å². The predicted molar refractivity (Wildman–Crippen MR) is 103 cm³/mol. The van der Waals surface area contributed by atoms with Gasteiger partial charge in [0.15, 0.2) is 0 Å². The van der Waals surface area contributed by atoms with E-state index in [-0.39, 0.29) is 22.3 Å². The summed E-state index contributed by atoms with van der Waals surface area (Å²) in [5.41, 5.74) is 1.99. The molecule has 0 aliphatic rings. The second-order valence-electron chi connectivity index (χ2n) is 8.82. The normalized spacial score (nSPS) is 12.4. The summed E-state index contributed by atoms with van der Waals surface area (Å²) in [7, 11) is 0. The van der Waals surface area contributed by atoms with E-state index in [1.165, 1.54) is 0 Å². The molecule has 0 aliphatic carbocycles. The molecule has 0 atom stereocenters. The topological polar surface area (TPSA) is 77.8 Å². The highest BCUT2D eigenvalue weighted by Crippen LogP contribution is 2.38. The van der Waals surface area contributed by atoms with Gasteiger partial charge < -0.3 is 15.3 Å². The first-order valence-electron chi connectivity index (χ1n) is 8.72. The van der Waals surface area contributed by atoms with Crippen LogP contribution in [0.2, 0.25) is 0 Å². The first-order valence-corrected chi connectivity index (χ1v) is 8.72. The Morgan fingerprint density at radius 1 is 0.769 bits per heavy atom. The van der Waals surface area contributed by atoms with E-state index in [0.29, 0.717) is 22.3 Å². The fourth-order valence-electron chi connectivity index (χ4n) is 3.15. The van der Waals surface area contributed by atoms with Gasteiger partial charge in [-0.1, -0.05) is 65.8 Å². The first kappa shape index (κ1) is 19.8. The van der Waals surface area contributed by atoms with E-state index in [2.05, 4.69) is 0 Å². The van der Waals surface area contributed by atoms with Crippen LogP contribution in [0.4, 0.5) is 0 Å². The van der Waals surface area contributed by atoms with Gasteiger partial charge in [-0.3, -0.25) is 4.79 Å². The molecule has 0 saturated carbocycles. The molecule has 0 bridgehead atoms. The smallest absolute Gasteiger partial charge is 0.315 e. The number of rotatable bonds is 3. The number of carbonyl (C=O) groups is 1. The molecule has 4 heteroatoms. The highest BCUT2D eigenvalue weighted by atomic mass is 16.4. The Morgan fingerprint density at radius 3 is 1.38 bits per heavy atom. The van der Waals surface area contributed by atoms with Gasteiger partial charge in [0.25, 0.3) is 0 Å². The molecule has 0 heterocycles. The molecule has 0 spiro atoms. The molecule has 2 rings (SSSR count). The number of phenols is 2. The summed E-state index contributed by atoms with van der Waals surface area (Å²) in [6, 6.07) is 9.92. The highest BCUT2D eigenvalue weighted by molar-refractivity contribution is 5.81. The third-order valence-corrected chi connectivity index (χ3v) is 4.57. The zero-order valence-corrected chi connectivity index (χ0v) is 16.3. The Labute approximate surface area is 155 Å². The highest BCUT2D eigenvalue weighted by Gasteiger charge is 2.28. The van der Waals surface area contributed by atoms with Crippen molar-refractivity contribution in [2.45, 2.75) is 58.3 Å². The third-order valence-electron chi connectivity index (χ3n) is 4.57. The minimum Gasteiger partial charge on any atom is -0.508 e. The Balaban J connectivity index is 2.64. The zero-order chi connectivity index (χ0) is 19.9. The van der Waals surface area contributed by atoms with Crippen molar-refractivity contribution in [3.8, 4) is 11.5 Å². The summed E-state index contributed by atoms with van der Waals surface area (Å²) < 4.78 is 0. The van der Waals surface area contributed by atoms with Crippen molar-refractivity contribution >= 4 is 5.97 Å². The van der Waals surface area contributed by atoms with Crippen LogP contribution in [0.3, 0.4) is 0 Å². The van der Waals surface area contributed by atoms with E-state index in [9.17, 15) is 20.1 Å². The molecule has 4 nitrogen and oxygen atoms in total. The fraction of sp³-hybridized carbons (Fsp3) is 0.409. The lowest BCUT2D eigenvalue weighted by atomic mass is 9.80. The lowest BCUT2D eigenvalue weighted by molar-refractivity contribution is -0.137. The van der Waals surface area contributed by atoms with Crippen LogP contribution in [0.1, 0.15) is 69.7 Å². The SMILES string of the molecule is CC(C)(C)c1cc(C(C(=O)O)c2ccc(O)c(C(C)(C)C)c2)ccc1O. The number of hydrogen-bond donors (Lipinski definition) is 3. The quantitative estimate of drug-likeness (QED) is 0.730. The lowest BCUT2D eigenvalue weighted by Gasteiger charge is -2.25. The molecular formula is C22H28O4. The largest absolute Gasteiger partial charge is 0.508 e. The Hall–Kier alpha value is -2.49. The van der Waals surface area contributed by atoms with Gasteiger partial charge in [-0.25, -0.2) is 0 Å². The number of aliphatic carboxylic acids is 1. The minimum absolute atomic E-state index is 0.159. The molecule has 3 N–H and O–H groups in total. The molecule has 2 aromatic rings. The van der Waals surface area contributed by atoms with Crippen molar-refractivity contribution in [3.05, 3.63) is 58.7 Å². The number of carboxylic acids is 1. The van der Waals surface area contributed by atoms with Crippen molar-refractivity contribution < 1.29 is 20.1 Å². The second-order valence-corrected chi connectivity index (χ2v) is 8.82. The van der Waals surface area contributed by atoms with Crippen molar-refractivity contribution in [1.29, 1.82) is 0 Å². The summed E-state index contributed by atoms with van der Waals surface area (Å²) in [6.07, 6.45) is 0. The number of hydrogen-bond acceptors (Lipinski definition) is 3. The summed E-state index contributed by atoms with van der Waals surface area (Å²) in [6.45, 7) is 11.8. The lowest BCUT2D eigenvalue weighted by Crippen LogP contribution is -2.18. The molecule has 0 amide bonds. The summed E-state index contributed by atoms with van der Waals surface area (Å²) in [5, 5.41) is 30.2. The van der Waals surface area contributed by atoms with Crippen LogP contribution in [0, 0.1) is 0 Å². The van der Waals surface area contributed by atoms with Crippen molar-refractivity contribution in [1.82, 2.24) is 0 Å². The van der Waals surface area contributed by atoms with Gasteiger partial charge in [0.2, 0.25) is 0 Å². The number of carboxylic acid groups (broad SMARTS) is 1. The maximum atomic E-state index is 12.1. The molecule has 0 radical (unpaired) electrons. The molecule has 2 aromatic carbocycles. The van der Waals surface area contributed by atoms with E-state index >= 15 is 0 Å². The van der Waals surface area contributed by atoms with Crippen molar-refractivity contribution in [3.63, 3.8) is 0 Å². The first-order chi connectivity index (χ1) is 11.8.